The summed E-state index contributed by atoms with van der Waals surface area (Å²) < 4.78 is 5.00. The Morgan fingerprint density at radius 3 is 2.95 bits per heavy atom. The van der Waals surface area contributed by atoms with E-state index >= 15 is 0 Å². The van der Waals surface area contributed by atoms with Crippen LogP contribution < -0.4 is 5.73 Å². The van der Waals surface area contributed by atoms with Crippen LogP contribution in [0.2, 0.25) is 0 Å². The Balaban J connectivity index is 1.87. The molecule has 1 amide bonds. The van der Waals surface area contributed by atoms with Crippen LogP contribution in [-0.4, -0.2) is 33.2 Å². The molecule has 0 saturated heterocycles. The third-order valence-electron chi connectivity index (χ3n) is 3.21. The number of anilines is 1. The molecule has 7 nitrogen and oxygen atoms in total. The van der Waals surface area contributed by atoms with Crippen LogP contribution in [0, 0.1) is 6.92 Å². The van der Waals surface area contributed by atoms with Crippen molar-refractivity contribution < 1.29 is 9.32 Å². The van der Waals surface area contributed by atoms with Gasteiger partial charge in [0, 0.05) is 24.2 Å². The van der Waals surface area contributed by atoms with Gasteiger partial charge in [0.1, 0.15) is 11.5 Å². The first kappa shape index (κ1) is 13.2. The minimum atomic E-state index is -0.201. The number of aromatic amines is 1. The zero-order valence-corrected chi connectivity index (χ0v) is 11.8. The van der Waals surface area contributed by atoms with E-state index in [0.29, 0.717) is 34.8 Å². The Bertz CT molecular complexity index is 805. The van der Waals surface area contributed by atoms with E-state index in [4.69, 9.17) is 10.3 Å². The summed E-state index contributed by atoms with van der Waals surface area (Å²) >= 11 is 0. The van der Waals surface area contributed by atoms with Gasteiger partial charge in [-0.3, -0.25) is 9.89 Å². The van der Waals surface area contributed by atoms with E-state index in [0.717, 1.165) is 5.52 Å². The third-order valence-corrected chi connectivity index (χ3v) is 3.21. The van der Waals surface area contributed by atoms with Crippen LogP contribution in [0.15, 0.2) is 28.8 Å². The summed E-state index contributed by atoms with van der Waals surface area (Å²) in [5, 5.41) is 11.5. The Kier molecular flexibility index (Phi) is 3.09. The molecule has 2 aromatic heterocycles. The van der Waals surface area contributed by atoms with E-state index in [-0.39, 0.29) is 5.91 Å². The minimum Gasteiger partial charge on any atom is -0.399 e. The molecule has 0 aliphatic carbocycles. The molecule has 108 valence electrons. The molecule has 3 aromatic rings. The summed E-state index contributed by atoms with van der Waals surface area (Å²) in [4.78, 5) is 14.0. The number of amides is 1. The van der Waals surface area contributed by atoms with Crippen LogP contribution in [0.4, 0.5) is 5.69 Å². The van der Waals surface area contributed by atoms with Crippen molar-refractivity contribution in [3.63, 3.8) is 0 Å². The molecule has 3 N–H and O–H groups in total. The highest BCUT2D eigenvalue weighted by Gasteiger charge is 2.19. The average molecular weight is 285 g/mol. The van der Waals surface area contributed by atoms with Crippen LogP contribution in [0.3, 0.4) is 0 Å². The molecule has 0 fully saturated rings. The number of carbonyl (C=O) groups excluding carboxylic acids is 1. The predicted octanol–water partition coefficient (Wildman–Crippen LogP) is 1.71. The van der Waals surface area contributed by atoms with Gasteiger partial charge >= 0.3 is 0 Å². The molecular formula is C14H15N5O2. The van der Waals surface area contributed by atoms with Gasteiger partial charge in [-0.15, -0.1) is 0 Å². The molecule has 2 heterocycles. The van der Waals surface area contributed by atoms with E-state index in [1.54, 1.807) is 31.3 Å². The number of fused-ring (bicyclic) bond motifs is 1. The normalized spacial score (nSPS) is 11.0. The van der Waals surface area contributed by atoms with E-state index in [1.807, 2.05) is 6.92 Å². The number of hydrogen-bond acceptors (Lipinski definition) is 5. The van der Waals surface area contributed by atoms with Gasteiger partial charge in [-0.1, -0.05) is 5.16 Å². The lowest BCUT2D eigenvalue weighted by Gasteiger charge is -2.14. The number of aromatic nitrogens is 3. The van der Waals surface area contributed by atoms with Crippen LogP contribution in [0.25, 0.3) is 10.9 Å². The molecule has 0 aliphatic heterocycles. The van der Waals surface area contributed by atoms with Crippen molar-refractivity contribution in [1.29, 1.82) is 0 Å². The van der Waals surface area contributed by atoms with Crippen LogP contribution in [-0.2, 0) is 6.54 Å². The van der Waals surface area contributed by atoms with Gasteiger partial charge in [0.15, 0.2) is 5.69 Å². The lowest BCUT2D eigenvalue weighted by Crippen LogP contribution is -2.26. The Labute approximate surface area is 120 Å². The Morgan fingerprint density at radius 2 is 2.24 bits per heavy atom. The summed E-state index contributed by atoms with van der Waals surface area (Å²) in [5.74, 6) is 0.511. The van der Waals surface area contributed by atoms with E-state index < -0.39 is 0 Å². The maximum Gasteiger partial charge on any atom is 0.275 e. The highest BCUT2D eigenvalue weighted by Crippen LogP contribution is 2.20. The zero-order chi connectivity index (χ0) is 15.0. The second kappa shape index (κ2) is 4.93. The van der Waals surface area contributed by atoms with Gasteiger partial charge in [0.2, 0.25) is 0 Å². The van der Waals surface area contributed by atoms with Gasteiger partial charge in [0.25, 0.3) is 5.91 Å². The Morgan fingerprint density at radius 1 is 1.43 bits per heavy atom. The Hall–Kier alpha value is -2.83. The van der Waals surface area contributed by atoms with Crippen molar-refractivity contribution in [2.45, 2.75) is 13.5 Å². The highest BCUT2D eigenvalue weighted by atomic mass is 16.5. The monoisotopic (exact) mass is 285 g/mol. The molecule has 1 aromatic carbocycles. The lowest BCUT2D eigenvalue weighted by molar-refractivity contribution is 0.0778. The van der Waals surface area contributed by atoms with Crippen molar-refractivity contribution in [2.75, 3.05) is 12.8 Å². The fraction of sp³-hybridized carbons (Fsp3) is 0.214. The molecular weight excluding hydrogens is 270 g/mol. The maximum atomic E-state index is 12.5. The summed E-state index contributed by atoms with van der Waals surface area (Å²) in [6.45, 7) is 2.16. The third kappa shape index (κ3) is 2.45. The van der Waals surface area contributed by atoms with Gasteiger partial charge in [-0.05, 0) is 25.1 Å². The molecule has 0 bridgehead atoms. The van der Waals surface area contributed by atoms with Crippen molar-refractivity contribution >= 4 is 22.5 Å². The van der Waals surface area contributed by atoms with Crippen LogP contribution in [0.1, 0.15) is 21.9 Å². The number of nitrogens with two attached hydrogens (primary N) is 1. The molecule has 0 unspecified atom stereocenters. The number of hydrogen-bond donors (Lipinski definition) is 2. The second-order valence-electron chi connectivity index (χ2n) is 4.97. The van der Waals surface area contributed by atoms with Crippen LogP contribution >= 0.6 is 0 Å². The van der Waals surface area contributed by atoms with Crippen molar-refractivity contribution in [3.05, 3.63) is 41.4 Å². The molecule has 21 heavy (non-hydrogen) atoms. The fourth-order valence-corrected chi connectivity index (χ4v) is 2.18. The number of nitrogens with one attached hydrogen (secondary N) is 1. The molecule has 0 spiro atoms. The van der Waals surface area contributed by atoms with Gasteiger partial charge in [0.05, 0.1) is 12.1 Å². The largest absolute Gasteiger partial charge is 0.399 e. The number of nitrogen functional groups attached to an aromatic ring is 1. The first-order valence-corrected chi connectivity index (χ1v) is 6.46. The predicted molar refractivity (Wildman–Crippen MR) is 77.5 cm³/mol. The summed E-state index contributed by atoms with van der Waals surface area (Å²) in [6, 6.07) is 7.09. The maximum absolute atomic E-state index is 12.5. The van der Waals surface area contributed by atoms with Crippen molar-refractivity contribution in [3.8, 4) is 0 Å². The van der Waals surface area contributed by atoms with Crippen molar-refractivity contribution in [2.24, 2.45) is 0 Å². The summed E-state index contributed by atoms with van der Waals surface area (Å²) in [6.07, 6.45) is 0. The van der Waals surface area contributed by atoms with E-state index in [2.05, 4.69) is 15.4 Å². The van der Waals surface area contributed by atoms with Gasteiger partial charge < -0.3 is 15.2 Å². The number of nitrogens with zero attached hydrogens (tertiary/aromatic N) is 3. The second-order valence-corrected chi connectivity index (χ2v) is 4.97. The molecule has 0 radical (unpaired) electrons. The first-order valence-electron chi connectivity index (χ1n) is 6.46. The topological polar surface area (TPSA) is 101 Å². The average Bonchev–Trinajstić information content (AvgIpc) is 3.04. The first-order chi connectivity index (χ1) is 10.0. The summed E-state index contributed by atoms with van der Waals surface area (Å²) in [7, 11) is 1.69. The van der Waals surface area contributed by atoms with Gasteiger partial charge in [-0.25, -0.2) is 0 Å². The molecule has 0 aliphatic rings. The summed E-state index contributed by atoms with van der Waals surface area (Å²) in [5.41, 5.74) is 8.18. The van der Waals surface area contributed by atoms with Crippen molar-refractivity contribution in [1.82, 2.24) is 20.3 Å². The number of H-pyrrole nitrogens is 1. The zero-order valence-electron chi connectivity index (χ0n) is 11.8. The molecule has 0 atom stereocenters. The number of rotatable bonds is 3. The van der Waals surface area contributed by atoms with Gasteiger partial charge in [-0.2, -0.15) is 5.10 Å². The molecule has 3 rings (SSSR count). The SMILES string of the molecule is Cc1cc(CN(C)C(=O)c2n[nH]c3ccc(N)cc23)no1. The molecule has 7 heteroatoms. The highest BCUT2D eigenvalue weighted by molar-refractivity contribution is 6.05. The van der Waals surface area contributed by atoms with E-state index in [9.17, 15) is 4.79 Å². The minimum absolute atomic E-state index is 0.201. The lowest BCUT2D eigenvalue weighted by atomic mass is 10.1. The number of carbonyl (C=O) groups is 1. The number of aryl methyl sites for hydroxylation is 1. The fourth-order valence-electron chi connectivity index (χ4n) is 2.18. The number of benzene rings is 1. The smallest absolute Gasteiger partial charge is 0.275 e. The quantitative estimate of drug-likeness (QED) is 0.713. The van der Waals surface area contributed by atoms with Crippen LogP contribution in [0.5, 0.6) is 0 Å². The standard InChI is InChI=1S/C14H15N5O2/c1-8-5-10(18-21-8)7-19(2)14(20)13-11-6-9(15)3-4-12(11)16-17-13/h3-6H,7,15H2,1-2H3,(H,16,17). The molecule has 0 saturated carbocycles. The van der Waals surface area contributed by atoms with E-state index in [1.165, 1.54) is 4.90 Å².